The van der Waals surface area contributed by atoms with Crippen LogP contribution in [0, 0.1) is 11.3 Å². The zero-order valence-electron chi connectivity index (χ0n) is 13.5. The van der Waals surface area contributed by atoms with Gasteiger partial charge in [-0.3, -0.25) is 0 Å². The lowest BCUT2D eigenvalue weighted by molar-refractivity contribution is 0.0403. The molecule has 2 atom stereocenters. The first-order valence-corrected chi connectivity index (χ1v) is 8.75. The van der Waals surface area contributed by atoms with Gasteiger partial charge >= 0.3 is 0 Å². The van der Waals surface area contributed by atoms with E-state index in [1.165, 1.54) is 24.0 Å². The molecular formula is C19H27ClO. The molecule has 1 aromatic rings. The van der Waals surface area contributed by atoms with Gasteiger partial charge in [-0.25, -0.2) is 0 Å². The zero-order chi connectivity index (χ0) is 15.1. The van der Waals surface area contributed by atoms with E-state index in [9.17, 15) is 0 Å². The molecule has 1 aromatic carbocycles. The van der Waals surface area contributed by atoms with Gasteiger partial charge in [0.05, 0.1) is 6.10 Å². The normalized spacial score (nSPS) is 29.8. The molecule has 0 N–H and O–H groups in total. The number of benzene rings is 1. The molecule has 0 amide bonds. The summed E-state index contributed by atoms with van der Waals surface area (Å²) in [6.07, 6.45) is 5.21. The quantitative estimate of drug-likeness (QED) is 0.715. The lowest BCUT2D eigenvalue weighted by atomic mass is 9.75. The van der Waals surface area contributed by atoms with E-state index in [0.29, 0.717) is 6.10 Å². The second kappa shape index (κ2) is 5.59. The number of alkyl halides is 1. The number of rotatable bonds is 4. The van der Waals surface area contributed by atoms with Crippen LogP contribution in [0.3, 0.4) is 0 Å². The third-order valence-corrected chi connectivity index (χ3v) is 5.73. The van der Waals surface area contributed by atoms with Gasteiger partial charge in [0, 0.05) is 17.9 Å². The highest BCUT2D eigenvalue weighted by atomic mass is 35.5. The first kappa shape index (κ1) is 15.4. The predicted octanol–water partition coefficient (Wildman–Crippen LogP) is 4.95. The largest absolute Gasteiger partial charge is 0.377 e. The predicted molar refractivity (Wildman–Crippen MR) is 89.1 cm³/mol. The van der Waals surface area contributed by atoms with Gasteiger partial charge in [0.1, 0.15) is 0 Å². The third kappa shape index (κ3) is 3.14. The van der Waals surface area contributed by atoms with Gasteiger partial charge in [-0.1, -0.05) is 45.0 Å². The average Bonchev–Trinajstić information content (AvgIpc) is 3.20. The fourth-order valence-corrected chi connectivity index (χ4v) is 4.03. The number of halogens is 1. The van der Waals surface area contributed by atoms with Crippen LogP contribution in [0.2, 0.25) is 0 Å². The maximum atomic E-state index is 6.40. The van der Waals surface area contributed by atoms with Crippen molar-refractivity contribution in [2.24, 2.45) is 11.3 Å². The van der Waals surface area contributed by atoms with Crippen LogP contribution in [0.15, 0.2) is 24.3 Å². The zero-order valence-corrected chi connectivity index (χ0v) is 14.2. The van der Waals surface area contributed by atoms with Crippen LogP contribution < -0.4 is 0 Å². The Bertz CT molecular complexity index is 483. The van der Waals surface area contributed by atoms with Crippen LogP contribution in [0.1, 0.15) is 51.2 Å². The average molecular weight is 307 g/mol. The molecule has 1 saturated carbocycles. The fourth-order valence-electron chi connectivity index (χ4n) is 3.65. The van der Waals surface area contributed by atoms with Crippen LogP contribution in [0.25, 0.3) is 0 Å². The minimum Gasteiger partial charge on any atom is -0.377 e. The fraction of sp³-hybridized carbons (Fsp3) is 0.684. The summed E-state index contributed by atoms with van der Waals surface area (Å²) in [4.78, 5) is 0. The molecule has 116 valence electrons. The molecule has 1 saturated heterocycles. The maximum absolute atomic E-state index is 6.40. The Morgan fingerprint density at radius 3 is 2.38 bits per heavy atom. The smallest absolute Gasteiger partial charge is 0.0674 e. The summed E-state index contributed by atoms with van der Waals surface area (Å²) in [7, 11) is 0. The van der Waals surface area contributed by atoms with Crippen LogP contribution in [0.4, 0.5) is 0 Å². The summed E-state index contributed by atoms with van der Waals surface area (Å²) >= 11 is 6.40. The maximum Gasteiger partial charge on any atom is 0.0674 e. The van der Waals surface area contributed by atoms with E-state index >= 15 is 0 Å². The second-order valence-electron chi connectivity index (χ2n) is 8.00. The van der Waals surface area contributed by atoms with Crippen LogP contribution in [-0.4, -0.2) is 18.6 Å². The van der Waals surface area contributed by atoms with Crippen LogP contribution in [-0.2, 0) is 16.6 Å². The highest BCUT2D eigenvalue weighted by molar-refractivity contribution is 6.18. The molecule has 1 aliphatic heterocycles. The first-order valence-electron chi connectivity index (χ1n) is 8.22. The van der Waals surface area contributed by atoms with Crippen LogP contribution >= 0.6 is 11.6 Å². The number of ether oxygens (including phenoxy) is 1. The topological polar surface area (TPSA) is 9.23 Å². The molecule has 2 unspecified atom stereocenters. The molecule has 0 spiro atoms. The highest BCUT2D eigenvalue weighted by Crippen LogP contribution is 2.50. The molecule has 1 nitrogen and oxygen atoms in total. The lowest BCUT2D eigenvalue weighted by Crippen LogP contribution is -2.36. The Kier molecular flexibility index (Phi) is 4.09. The van der Waals surface area contributed by atoms with Gasteiger partial charge in [-0.2, -0.15) is 0 Å². The van der Waals surface area contributed by atoms with E-state index in [2.05, 4.69) is 45.0 Å². The molecule has 21 heavy (non-hydrogen) atoms. The van der Waals surface area contributed by atoms with Gasteiger partial charge in [-0.05, 0) is 48.1 Å². The standard InChI is InChI=1S/C19H27ClO/c1-18(2,3)16-8-4-14(5-9-16)12-19(13-20)10-11-21-17(19)15-6-7-15/h4-5,8-9,15,17H,6-7,10-13H2,1-3H3. The molecule has 2 fully saturated rings. The monoisotopic (exact) mass is 306 g/mol. The van der Waals surface area contributed by atoms with E-state index in [1.54, 1.807) is 0 Å². The Morgan fingerprint density at radius 1 is 1.19 bits per heavy atom. The Balaban J connectivity index is 1.77. The molecule has 0 radical (unpaired) electrons. The highest BCUT2D eigenvalue weighted by Gasteiger charge is 2.50. The van der Waals surface area contributed by atoms with Crippen molar-refractivity contribution in [1.82, 2.24) is 0 Å². The molecule has 0 aromatic heterocycles. The summed E-state index contributed by atoms with van der Waals surface area (Å²) in [6, 6.07) is 9.13. The summed E-state index contributed by atoms with van der Waals surface area (Å²) < 4.78 is 6.05. The molecule has 2 aliphatic rings. The summed E-state index contributed by atoms with van der Waals surface area (Å²) in [5.41, 5.74) is 3.18. The molecule has 1 aliphatic carbocycles. The lowest BCUT2D eigenvalue weighted by Gasteiger charge is -2.32. The van der Waals surface area contributed by atoms with Gasteiger partial charge in [0.15, 0.2) is 0 Å². The molecule has 2 heteroatoms. The van der Waals surface area contributed by atoms with Crippen molar-refractivity contribution in [3.05, 3.63) is 35.4 Å². The van der Waals surface area contributed by atoms with Crippen molar-refractivity contribution in [3.63, 3.8) is 0 Å². The minimum absolute atomic E-state index is 0.159. The van der Waals surface area contributed by atoms with Gasteiger partial charge in [-0.15, -0.1) is 11.6 Å². The molecular weight excluding hydrogens is 280 g/mol. The first-order chi connectivity index (χ1) is 9.94. The van der Waals surface area contributed by atoms with E-state index in [4.69, 9.17) is 16.3 Å². The Labute approximate surface area is 134 Å². The number of hydrogen-bond acceptors (Lipinski definition) is 1. The molecule has 1 heterocycles. The molecule has 0 bridgehead atoms. The van der Waals surface area contributed by atoms with Crippen molar-refractivity contribution in [1.29, 1.82) is 0 Å². The van der Waals surface area contributed by atoms with Gasteiger partial charge in [0.2, 0.25) is 0 Å². The number of hydrogen-bond donors (Lipinski definition) is 0. The van der Waals surface area contributed by atoms with Crippen molar-refractivity contribution in [2.75, 3.05) is 12.5 Å². The minimum atomic E-state index is 0.159. The van der Waals surface area contributed by atoms with Crippen molar-refractivity contribution in [3.8, 4) is 0 Å². The van der Waals surface area contributed by atoms with E-state index in [0.717, 1.165) is 31.2 Å². The van der Waals surface area contributed by atoms with E-state index in [1.807, 2.05) is 0 Å². The third-order valence-electron chi connectivity index (χ3n) is 5.19. The van der Waals surface area contributed by atoms with E-state index < -0.39 is 0 Å². The second-order valence-corrected chi connectivity index (χ2v) is 8.27. The summed E-state index contributed by atoms with van der Waals surface area (Å²) in [6.45, 7) is 7.66. The van der Waals surface area contributed by atoms with Gasteiger partial charge < -0.3 is 4.74 Å². The van der Waals surface area contributed by atoms with Crippen LogP contribution in [0.5, 0.6) is 0 Å². The van der Waals surface area contributed by atoms with Crippen molar-refractivity contribution in [2.45, 2.75) is 58.0 Å². The Morgan fingerprint density at radius 2 is 1.86 bits per heavy atom. The SMILES string of the molecule is CC(C)(C)c1ccc(CC2(CCl)CCOC2C2CC2)cc1. The van der Waals surface area contributed by atoms with Gasteiger partial charge in [0.25, 0.3) is 0 Å². The van der Waals surface area contributed by atoms with Crippen molar-refractivity contribution >= 4 is 11.6 Å². The van der Waals surface area contributed by atoms with Crippen molar-refractivity contribution < 1.29 is 4.74 Å². The molecule has 3 rings (SSSR count). The summed E-state index contributed by atoms with van der Waals surface area (Å²) in [5.74, 6) is 1.48. The summed E-state index contributed by atoms with van der Waals surface area (Å²) in [5, 5.41) is 0. The van der Waals surface area contributed by atoms with E-state index in [-0.39, 0.29) is 10.8 Å². The Hall–Kier alpha value is -0.530.